The van der Waals surface area contributed by atoms with Gasteiger partial charge in [0.2, 0.25) is 5.91 Å². The fraction of sp³-hybridized carbons (Fsp3) is 0.455. The van der Waals surface area contributed by atoms with E-state index < -0.39 is 5.82 Å². The first-order valence-electron chi connectivity index (χ1n) is 9.63. The second-order valence-corrected chi connectivity index (χ2v) is 9.15. The summed E-state index contributed by atoms with van der Waals surface area (Å²) in [6.45, 7) is 8.70. The largest absolute Gasteiger partial charge is 0.363 e. The monoisotopic (exact) mass is 403 g/mol. The summed E-state index contributed by atoms with van der Waals surface area (Å²) in [5.74, 6) is -0.703. The Balaban J connectivity index is 1.84. The number of nitrogens with zero attached hydrogens (tertiary/aromatic N) is 2. The summed E-state index contributed by atoms with van der Waals surface area (Å²) in [4.78, 5) is 18.8. The van der Waals surface area contributed by atoms with Crippen LogP contribution in [0.4, 0.5) is 15.9 Å². The molecule has 1 aromatic carbocycles. The van der Waals surface area contributed by atoms with Gasteiger partial charge < -0.3 is 10.2 Å². The van der Waals surface area contributed by atoms with Gasteiger partial charge in [-0.05, 0) is 42.9 Å². The standard InChI is InChI=1S/C22H27ClFN3O/c1-14-5-10-18-19(27(14)13-15-6-8-16(23)9-7-15)11-17(24)21(25-18)26-20(28)12-22(2,3)4/h6-9,11,14H,5,10,12-13H2,1-4H3,(H,25,26,28)/t14-/m1/s1. The van der Waals surface area contributed by atoms with E-state index >= 15 is 0 Å². The molecule has 0 spiro atoms. The van der Waals surface area contributed by atoms with Crippen molar-refractivity contribution in [2.45, 2.75) is 59.5 Å². The Labute approximate surface area is 171 Å². The maximum atomic E-state index is 14.7. The number of benzene rings is 1. The fourth-order valence-electron chi connectivity index (χ4n) is 3.46. The summed E-state index contributed by atoms with van der Waals surface area (Å²) in [6, 6.07) is 9.45. The molecule has 0 fully saturated rings. The minimum atomic E-state index is -0.504. The van der Waals surface area contributed by atoms with Crippen molar-refractivity contribution in [3.63, 3.8) is 0 Å². The molecule has 2 heterocycles. The van der Waals surface area contributed by atoms with Crippen LogP contribution >= 0.6 is 11.6 Å². The minimum Gasteiger partial charge on any atom is -0.363 e. The van der Waals surface area contributed by atoms with E-state index in [1.807, 2.05) is 45.0 Å². The van der Waals surface area contributed by atoms with Crippen LogP contribution in [0, 0.1) is 11.2 Å². The van der Waals surface area contributed by atoms with Gasteiger partial charge in [-0.15, -0.1) is 0 Å². The van der Waals surface area contributed by atoms with Crippen LogP contribution in [0.15, 0.2) is 30.3 Å². The number of nitrogens with one attached hydrogen (secondary N) is 1. The van der Waals surface area contributed by atoms with Crippen LogP contribution in [-0.4, -0.2) is 16.9 Å². The zero-order chi connectivity index (χ0) is 20.5. The Hall–Kier alpha value is -2.14. The number of fused-ring (bicyclic) bond motifs is 1. The number of aromatic nitrogens is 1. The summed E-state index contributed by atoms with van der Waals surface area (Å²) >= 11 is 5.98. The van der Waals surface area contributed by atoms with E-state index in [1.165, 1.54) is 6.07 Å². The third-order valence-corrected chi connectivity index (χ3v) is 5.14. The SMILES string of the molecule is C[C@@H]1CCc2nc(NC(=O)CC(C)(C)C)c(F)cc2N1Cc1ccc(Cl)cc1. The number of hydrogen-bond donors (Lipinski definition) is 1. The highest BCUT2D eigenvalue weighted by Crippen LogP contribution is 2.33. The first kappa shape index (κ1) is 20.6. The smallest absolute Gasteiger partial charge is 0.226 e. The Morgan fingerprint density at radius 3 is 2.64 bits per heavy atom. The molecule has 150 valence electrons. The molecular formula is C22H27ClFN3O. The maximum absolute atomic E-state index is 14.7. The van der Waals surface area contributed by atoms with Crippen molar-refractivity contribution in [1.29, 1.82) is 0 Å². The van der Waals surface area contributed by atoms with Crippen molar-refractivity contribution >= 4 is 29.0 Å². The minimum absolute atomic E-state index is 0.0222. The molecule has 1 amide bonds. The highest BCUT2D eigenvalue weighted by Gasteiger charge is 2.27. The molecule has 1 N–H and O–H groups in total. The van der Waals surface area contributed by atoms with Crippen molar-refractivity contribution in [2.75, 3.05) is 10.2 Å². The van der Waals surface area contributed by atoms with E-state index in [9.17, 15) is 9.18 Å². The van der Waals surface area contributed by atoms with Gasteiger partial charge in [-0.3, -0.25) is 4.79 Å². The first-order chi connectivity index (χ1) is 13.1. The van der Waals surface area contributed by atoms with E-state index in [1.54, 1.807) is 0 Å². The molecule has 1 aliphatic heterocycles. The van der Waals surface area contributed by atoms with Crippen LogP contribution in [-0.2, 0) is 17.8 Å². The summed E-state index contributed by atoms with van der Waals surface area (Å²) in [5, 5.41) is 3.33. The lowest BCUT2D eigenvalue weighted by Crippen LogP contribution is -2.37. The molecule has 0 unspecified atom stereocenters. The molecule has 28 heavy (non-hydrogen) atoms. The van der Waals surface area contributed by atoms with Crippen LogP contribution in [0.5, 0.6) is 0 Å². The number of hydrogen-bond acceptors (Lipinski definition) is 3. The van der Waals surface area contributed by atoms with Crippen molar-refractivity contribution in [3.05, 3.63) is 52.4 Å². The number of halogens is 2. The Morgan fingerprint density at radius 1 is 1.32 bits per heavy atom. The van der Waals surface area contributed by atoms with Crippen molar-refractivity contribution in [2.24, 2.45) is 5.41 Å². The topological polar surface area (TPSA) is 45.2 Å². The van der Waals surface area contributed by atoms with Gasteiger partial charge in [0.25, 0.3) is 0 Å². The van der Waals surface area contributed by atoms with Gasteiger partial charge in [0.1, 0.15) is 0 Å². The highest BCUT2D eigenvalue weighted by molar-refractivity contribution is 6.30. The zero-order valence-electron chi connectivity index (χ0n) is 16.9. The van der Waals surface area contributed by atoms with Gasteiger partial charge in [-0.1, -0.05) is 44.5 Å². The number of anilines is 2. The molecule has 0 saturated carbocycles. The molecule has 0 radical (unpaired) electrons. The number of amides is 1. The Bertz CT molecular complexity index is 861. The van der Waals surface area contributed by atoms with E-state index in [2.05, 4.69) is 22.1 Å². The average Bonchev–Trinajstić information content (AvgIpc) is 2.59. The molecule has 4 nitrogen and oxygen atoms in total. The molecule has 1 aromatic heterocycles. The summed E-state index contributed by atoms with van der Waals surface area (Å²) in [5.41, 5.74) is 2.55. The number of carbonyl (C=O) groups is 1. The molecule has 1 aliphatic rings. The molecule has 3 rings (SSSR count). The summed E-state index contributed by atoms with van der Waals surface area (Å²) in [7, 11) is 0. The van der Waals surface area contributed by atoms with Crippen LogP contribution in [0.2, 0.25) is 5.02 Å². The summed E-state index contributed by atoms with van der Waals surface area (Å²) < 4.78 is 14.7. The second kappa shape index (κ2) is 8.08. The lowest BCUT2D eigenvalue weighted by molar-refractivity contribution is -0.117. The van der Waals surface area contributed by atoms with E-state index in [4.69, 9.17) is 11.6 Å². The molecular weight excluding hydrogens is 377 g/mol. The lowest BCUT2D eigenvalue weighted by atomic mass is 9.92. The van der Waals surface area contributed by atoms with Gasteiger partial charge in [0.05, 0.1) is 11.4 Å². The zero-order valence-corrected chi connectivity index (χ0v) is 17.6. The first-order valence-corrected chi connectivity index (χ1v) is 10.0. The molecule has 0 aliphatic carbocycles. The maximum Gasteiger partial charge on any atom is 0.226 e. The molecule has 1 atom stereocenters. The molecule has 2 aromatic rings. The molecule has 0 bridgehead atoms. The summed E-state index contributed by atoms with van der Waals surface area (Å²) in [6.07, 6.45) is 2.00. The van der Waals surface area contributed by atoms with Gasteiger partial charge in [0, 0.05) is 30.1 Å². The molecule has 6 heteroatoms. The predicted octanol–water partition coefficient (Wildman–Crippen LogP) is 5.59. The lowest BCUT2D eigenvalue weighted by Gasteiger charge is -2.37. The normalized spacial score (nSPS) is 16.6. The van der Waals surface area contributed by atoms with Crippen LogP contribution in [0.3, 0.4) is 0 Å². The van der Waals surface area contributed by atoms with Crippen molar-refractivity contribution < 1.29 is 9.18 Å². The number of rotatable bonds is 4. The second-order valence-electron chi connectivity index (χ2n) is 8.71. The fourth-order valence-corrected chi connectivity index (χ4v) is 3.59. The quantitative estimate of drug-likeness (QED) is 0.723. The Kier molecular flexibility index (Phi) is 5.94. The van der Waals surface area contributed by atoms with Crippen LogP contribution in [0.1, 0.15) is 51.8 Å². The van der Waals surface area contributed by atoms with Gasteiger partial charge in [0.15, 0.2) is 11.6 Å². The number of carbonyl (C=O) groups excluding carboxylic acids is 1. The van der Waals surface area contributed by atoms with E-state index in [0.717, 1.165) is 29.8 Å². The third-order valence-electron chi connectivity index (χ3n) is 4.89. The van der Waals surface area contributed by atoms with Gasteiger partial charge in [-0.25, -0.2) is 9.37 Å². The predicted molar refractivity (Wildman–Crippen MR) is 112 cm³/mol. The van der Waals surface area contributed by atoms with Crippen LogP contribution < -0.4 is 10.2 Å². The highest BCUT2D eigenvalue weighted by atomic mass is 35.5. The van der Waals surface area contributed by atoms with E-state index in [-0.39, 0.29) is 23.2 Å². The third kappa shape index (κ3) is 5.02. The van der Waals surface area contributed by atoms with E-state index in [0.29, 0.717) is 18.0 Å². The van der Waals surface area contributed by atoms with Crippen LogP contribution in [0.25, 0.3) is 0 Å². The Morgan fingerprint density at radius 2 is 2.00 bits per heavy atom. The van der Waals surface area contributed by atoms with Crippen molar-refractivity contribution in [1.82, 2.24) is 4.98 Å². The van der Waals surface area contributed by atoms with Gasteiger partial charge in [-0.2, -0.15) is 0 Å². The average molecular weight is 404 g/mol. The molecule has 0 saturated heterocycles. The number of pyridine rings is 1. The number of aryl methyl sites for hydroxylation is 1. The van der Waals surface area contributed by atoms with Gasteiger partial charge >= 0.3 is 0 Å². The van der Waals surface area contributed by atoms with Crippen molar-refractivity contribution in [3.8, 4) is 0 Å².